The quantitative estimate of drug-likeness (QED) is 0.829. The van der Waals surface area contributed by atoms with E-state index in [9.17, 15) is 13.2 Å². The number of benzene rings is 2. The molecule has 1 saturated carbocycles. The van der Waals surface area contributed by atoms with Crippen LogP contribution >= 0.6 is 0 Å². The van der Waals surface area contributed by atoms with E-state index in [0.29, 0.717) is 6.42 Å². The van der Waals surface area contributed by atoms with Crippen LogP contribution in [0.15, 0.2) is 59.5 Å². The minimum atomic E-state index is -3.75. The van der Waals surface area contributed by atoms with Gasteiger partial charge in [0.1, 0.15) is 5.78 Å². The molecule has 1 aliphatic carbocycles. The summed E-state index contributed by atoms with van der Waals surface area (Å²) in [5.41, 5.74) is 1.55. The molecule has 0 radical (unpaired) electrons. The van der Waals surface area contributed by atoms with E-state index in [4.69, 9.17) is 0 Å². The van der Waals surface area contributed by atoms with E-state index in [1.165, 1.54) is 0 Å². The van der Waals surface area contributed by atoms with Gasteiger partial charge in [-0.1, -0.05) is 61.9 Å². The molecule has 5 heteroatoms. The van der Waals surface area contributed by atoms with Crippen LogP contribution in [0.2, 0.25) is 0 Å². The molecule has 0 amide bonds. The topological polar surface area (TPSA) is 63.2 Å². The van der Waals surface area contributed by atoms with E-state index in [0.717, 1.165) is 24.0 Å². The highest BCUT2D eigenvalue weighted by Crippen LogP contribution is 2.45. The van der Waals surface area contributed by atoms with Crippen LogP contribution < -0.4 is 4.72 Å². The Kier molecular flexibility index (Phi) is 5.54. The first-order valence-corrected chi connectivity index (χ1v) is 10.9. The molecule has 0 saturated heterocycles. The Labute approximate surface area is 162 Å². The van der Waals surface area contributed by atoms with Crippen molar-refractivity contribution in [3.8, 4) is 0 Å². The van der Waals surface area contributed by atoms with Crippen molar-refractivity contribution in [1.29, 1.82) is 0 Å². The number of Topliss-reactive ketones (excluding diaryl/α,β-unsaturated/α-hetero) is 1. The lowest BCUT2D eigenvalue weighted by Gasteiger charge is -2.42. The van der Waals surface area contributed by atoms with Gasteiger partial charge in [0.2, 0.25) is 10.0 Å². The third kappa shape index (κ3) is 4.30. The Bertz CT molecular complexity index is 902. The van der Waals surface area contributed by atoms with Crippen molar-refractivity contribution in [2.45, 2.75) is 51.0 Å². The summed E-state index contributed by atoms with van der Waals surface area (Å²) >= 11 is 0. The van der Waals surface area contributed by atoms with Crippen LogP contribution in [-0.2, 0) is 14.8 Å². The van der Waals surface area contributed by atoms with Crippen molar-refractivity contribution < 1.29 is 13.2 Å². The predicted octanol–water partition coefficient (Wildman–Crippen LogP) is 4.41. The van der Waals surface area contributed by atoms with Gasteiger partial charge in [-0.25, -0.2) is 13.1 Å². The first-order chi connectivity index (χ1) is 12.7. The standard InChI is InChI=1S/C22H27NO3S/c1-16-11-13-18(14-12-16)27(25,26)23-21(17-8-5-4-6-9-17)20-19(24)10-7-15-22(20,2)3/h4-6,8-9,11-14,20-21,23H,7,10,15H2,1-3H3/t20-,21+/m1/s1. The molecule has 1 N–H and O–H groups in total. The molecule has 1 fully saturated rings. The smallest absolute Gasteiger partial charge is 0.241 e. The van der Waals surface area contributed by atoms with Crippen LogP contribution in [0.25, 0.3) is 0 Å². The van der Waals surface area contributed by atoms with Gasteiger partial charge < -0.3 is 0 Å². The highest BCUT2D eigenvalue weighted by molar-refractivity contribution is 7.89. The molecular formula is C22H27NO3S. The number of hydrogen-bond donors (Lipinski definition) is 1. The Morgan fingerprint density at radius 2 is 1.67 bits per heavy atom. The maximum Gasteiger partial charge on any atom is 0.241 e. The van der Waals surface area contributed by atoms with Gasteiger partial charge in [0.25, 0.3) is 0 Å². The normalized spacial score (nSPS) is 21.0. The van der Waals surface area contributed by atoms with E-state index >= 15 is 0 Å². The lowest BCUT2D eigenvalue weighted by atomic mass is 9.64. The van der Waals surface area contributed by atoms with Gasteiger partial charge >= 0.3 is 0 Å². The fraction of sp³-hybridized carbons (Fsp3) is 0.409. The van der Waals surface area contributed by atoms with Crippen LogP contribution in [0, 0.1) is 18.3 Å². The van der Waals surface area contributed by atoms with Crippen LogP contribution in [0.4, 0.5) is 0 Å². The van der Waals surface area contributed by atoms with Crippen LogP contribution in [0.1, 0.15) is 50.3 Å². The Hall–Kier alpha value is -1.98. The fourth-order valence-electron chi connectivity index (χ4n) is 4.04. The second kappa shape index (κ2) is 7.56. The number of sulfonamides is 1. The van der Waals surface area contributed by atoms with E-state index in [-0.39, 0.29) is 16.1 Å². The summed E-state index contributed by atoms with van der Waals surface area (Å²) in [5, 5.41) is 0. The van der Waals surface area contributed by atoms with Gasteiger partial charge in [-0.3, -0.25) is 4.79 Å². The maximum atomic E-state index is 13.1. The summed E-state index contributed by atoms with van der Waals surface area (Å²) in [5.74, 6) is -0.263. The summed E-state index contributed by atoms with van der Waals surface area (Å²) < 4.78 is 29.0. The van der Waals surface area contributed by atoms with E-state index < -0.39 is 22.0 Å². The van der Waals surface area contributed by atoms with Gasteiger partial charge in [0.15, 0.2) is 0 Å². The van der Waals surface area contributed by atoms with Crippen molar-refractivity contribution in [2.24, 2.45) is 11.3 Å². The van der Waals surface area contributed by atoms with Crippen molar-refractivity contribution in [2.75, 3.05) is 0 Å². The molecule has 3 rings (SSSR count). The van der Waals surface area contributed by atoms with Crippen molar-refractivity contribution in [3.63, 3.8) is 0 Å². The van der Waals surface area contributed by atoms with Gasteiger partial charge in [0, 0.05) is 12.3 Å². The van der Waals surface area contributed by atoms with Gasteiger partial charge in [-0.15, -0.1) is 0 Å². The zero-order valence-electron chi connectivity index (χ0n) is 16.1. The first-order valence-electron chi connectivity index (χ1n) is 9.37. The molecule has 0 aliphatic heterocycles. The van der Waals surface area contributed by atoms with Crippen LogP contribution in [0.3, 0.4) is 0 Å². The number of ketones is 1. The number of aryl methyl sites for hydroxylation is 1. The fourth-order valence-corrected chi connectivity index (χ4v) is 5.28. The van der Waals surface area contributed by atoms with E-state index in [1.807, 2.05) is 37.3 Å². The van der Waals surface area contributed by atoms with Gasteiger partial charge in [-0.2, -0.15) is 0 Å². The molecule has 0 spiro atoms. The molecule has 2 atom stereocenters. The minimum Gasteiger partial charge on any atom is -0.299 e. The molecule has 2 aromatic carbocycles. The molecule has 0 heterocycles. The molecule has 0 bridgehead atoms. The number of nitrogens with one attached hydrogen (secondary N) is 1. The second-order valence-corrected chi connectivity index (χ2v) is 9.82. The largest absolute Gasteiger partial charge is 0.299 e. The Morgan fingerprint density at radius 3 is 2.26 bits per heavy atom. The molecule has 0 aromatic heterocycles. The summed E-state index contributed by atoms with van der Waals surface area (Å²) in [6.45, 7) is 6.04. The van der Waals surface area contributed by atoms with Crippen molar-refractivity contribution in [1.82, 2.24) is 4.72 Å². The Balaban J connectivity index is 2.03. The number of carbonyl (C=O) groups is 1. The van der Waals surface area contributed by atoms with E-state index in [2.05, 4.69) is 18.6 Å². The SMILES string of the molecule is Cc1ccc(S(=O)(=O)N[C@@H](c2ccccc2)[C@H]2C(=O)CCCC2(C)C)cc1. The second-order valence-electron chi connectivity index (χ2n) is 8.11. The van der Waals surface area contributed by atoms with E-state index in [1.54, 1.807) is 24.3 Å². The molecule has 1 aliphatic rings. The summed E-state index contributed by atoms with van der Waals surface area (Å²) in [7, 11) is -3.75. The Morgan fingerprint density at radius 1 is 1.04 bits per heavy atom. The van der Waals surface area contributed by atoms with Crippen LogP contribution in [-0.4, -0.2) is 14.2 Å². The number of carbonyl (C=O) groups excluding carboxylic acids is 1. The lowest BCUT2D eigenvalue weighted by molar-refractivity contribution is -0.130. The molecule has 0 unspecified atom stereocenters. The summed E-state index contributed by atoms with van der Waals surface area (Å²) in [6.07, 6.45) is 2.26. The first kappa shape index (κ1) is 19.8. The lowest BCUT2D eigenvalue weighted by Crippen LogP contribution is -2.45. The van der Waals surface area contributed by atoms with Crippen molar-refractivity contribution in [3.05, 3.63) is 65.7 Å². The van der Waals surface area contributed by atoms with Gasteiger partial charge in [0.05, 0.1) is 10.9 Å². The van der Waals surface area contributed by atoms with Gasteiger partial charge in [-0.05, 0) is 42.9 Å². The predicted molar refractivity (Wildman–Crippen MR) is 107 cm³/mol. The zero-order chi connectivity index (χ0) is 19.7. The average molecular weight is 386 g/mol. The molecule has 4 nitrogen and oxygen atoms in total. The highest BCUT2D eigenvalue weighted by Gasteiger charge is 2.44. The zero-order valence-corrected chi connectivity index (χ0v) is 16.9. The minimum absolute atomic E-state index is 0.131. The average Bonchev–Trinajstić information content (AvgIpc) is 2.61. The molecule has 144 valence electrons. The third-order valence-electron chi connectivity index (χ3n) is 5.54. The molecule has 27 heavy (non-hydrogen) atoms. The van der Waals surface area contributed by atoms with Crippen LogP contribution in [0.5, 0.6) is 0 Å². The molecular weight excluding hydrogens is 358 g/mol. The maximum absolute atomic E-state index is 13.1. The van der Waals surface area contributed by atoms with Crippen molar-refractivity contribution >= 4 is 15.8 Å². The summed E-state index contributed by atoms with van der Waals surface area (Å²) in [6, 6.07) is 15.6. The summed E-state index contributed by atoms with van der Waals surface area (Å²) in [4.78, 5) is 13.1. The number of hydrogen-bond acceptors (Lipinski definition) is 3. The third-order valence-corrected chi connectivity index (χ3v) is 7.00. The number of rotatable bonds is 5. The monoisotopic (exact) mass is 385 g/mol. The highest BCUT2D eigenvalue weighted by atomic mass is 32.2. The molecule has 2 aromatic rings.